The number of aliphatic hydroxyl groups excluding tert-OH is 1. The van der Waals surface area contributed by atoms with Crippen molar-refractivity contribution in [1.29, 1.82) is 0 Å². The predicted molar refractivity (Wildman–Crippen MR) is 60.0 cm³/mol. The zero-order valence-corrected chi connectivity index (χ0v) is 7.90. The van der Waals surface area contributed by atoms with E-state index in [1.807, 2.05) is 42.5 Å². The van der Waals surface area contributed by atoms with E-state index >= 15 is 0 Å². The lowest BCUT2D eigenvalue weighted by molar-refractivity contribution is 0.283. The largest absolute Gasteiger partial charge is 0.392 e. The number of benzene rings is 2. The van der Waals surface area contributed by atoms with Gasteiger partial charge in [0.15, 0.2) is 0 Å². The summed E-state index contributed by atoms with van der Waals surface area (Å²) in [5.74, 6) is 0. The molecule has 2 aromatic rings. The highest BCUT2D eigenvalue weighted by Gasteiger charge is 2.02. The molecule has 1 heteroatoms. The van der Waals surface area contributed by atoms with E-state index in [1.165, 1.54) is 0 Å². The van der Waals surface area contributed by atoms with Crippen molar-refractivity contribution < 1.29 is 5.11 Å². The Hall–Kier alpha value is -1.60. The molecule has 0 heterocycles. The van der Waals surface area contributed by atoms with Crippen LogP contribution in [0.4, 0.5) is 0 Å². The van der Waals surface area contributed by atoms with E-state index in [9.17, 15) is 5.11 Å². The fraction of sp³-hybridized carbons (Fsp3) is 0.0769. The molecule has 14 heavy (non-hydrogen) atoms. The van der Waals surface area contributed by atoms with E-state index in [0.29, 0.717) is 0 Å². The lowest BCUT2D eigenvalue weighted by Gasteiger charge is -2.06. The molecule has 0 aromatic heterocycles. The molecule has 0 amide bonds. The lowest BCUT2D eigenvalue weighted by Crippen LogP contribution is -1.87. The molecule has 1 nitrogen and oxygen atoms in total. The maximum atomic E-state index is 9.22. The van der Waals surface area contributed by atoms with Crippen LogP contribution < -0.4 is 0 Å². The van der Waals surface area contributed by atoms with Gasteiger partial charge in [-0.2, -0.15) is 0 Å². The smallest absolute Gasteiger partial charge is 0.0688 e. The van der Waals surface area contributed by atoms with E-state index in [4.69, 9.17) is 0 Å². The van der Waals surface area contributed by atoms with Gasteiger partial charge in [-0.25, -0.2) is 0 Å². The number of hydrogen-bond donors (Lipinski definition) is 1. The van der Waals surface area contributed by atoms with Crippen molar-refractivity contribution in [3.63, 3.8) is 0 Å². The third-order valence-electron chi connectivity index (χ3n) is 2.41. The van der Waals surface area contributed by atoms with Crippen molar-refractivity contribution >= 4 is 16.8 Å². The third kappa shape index (κ3) is 1.32. The second-order valence-electron chi connectivity index (χ2n) is 3.22. The summed E-state index contributed by atoms with van der Waals surface area (Å²) in [5, 5.41) is 11.5. The highest BCUT2D eigenvalue weighted by molar-refractivity contribution is 5.93. The molecule has 0 aliphatic rings. The van der Waals surface area contributed by atoms with Gasteiger partial charge >= 0.3 is 0 Å². The molecule has 1 N–H and O–H groups in total. The fourth-order valence-electron chi connectivity index (χ4n) is 1.75. The monoisotopic (exact) mass is 184 g/mol. The Morgan fingerprint density at radius 1 is 1.14 bits per heavy atom. The summed E-state index contributed by atoms with van der Waals surface area (Å²) in [6.45, 7) is 3.85. The molecule has 0 unspecified atom stereocenters. The van der Waals surface area contributed by atoms with E-state index in [1.54, 1.807) is 0 Å². The van der Waals surface area contributed by atoms with Crippen molar-refractivity contribution in [2.75, 3.05) is 0 Å². The third-order valence-corrected chi connectivity index (χ3v) is 2.41. The van der Waals surface area contributed by atoms with E-state index in [0.717, 1.165) is 21.9 Å². The molecule has 0 aliphatic carbocycles. The van der Waals surface area contributed by atoms with Crippen molar-refractivity contribution in [2.24, 2.45) is 0 Å². The predicted octanol–water partition coefficient (Wildman–Crippen LogP) is 2.98. The molecule has 0 saturated carbocycles. The van der Waals surface area contributed by atoms with E-state index < -0.39 is 0 Å². The van der Waals surface area contributed by atoms with Gasteiger partial charge < -0.3 is 5.11 Å². The van der Waals surface area contributed by atoms with Gasteiger partial charge in [0, 0.05) is 0 Å². The highest BCUT2D eigenvalue weighted by atomic mass is 16.3. The Morgan fingerprint density at radius 2 is 1.86 bits per heavy atom. The van der Waals surface area contributed by atoms with Crippen LogP contribution in [0.5, 0.6) is 0 Å². The van der Waals surface area contributed by atoms with Gasteiger partial charge in [0.05, 0.1) is 6.61 Å². The Balaban J connectivity index is 2.88. The number of hydrogen-bond acceptors (Lipinski definition) is 1. The molecule has 0 fully saturated rings. The van der Waals surface area contributed by atoms with E-state index in [2.05, 4.69) is 6.58 Å². The molecule has 0 atom stereocenters. The van der Waals surface area contributed by atoms with Gasteiger partial charge in [-0.15, -0.1) is 0 Å². The summed E-state index contributed by atoms with van der Waals surface area (Å²) in [6, 6.07) is 12.0. The maximum absolute atomic E-state index is 9.22. The molecule has 0 aliphatic heterocycles. The zero-order chi connectivity index (χ0) is 9.97. The summed E-state index contributed by atoms with van der Waals surface area (Å²) in [6.07, 6.45) is 1.82. The maximum Gasteiger partial charge on any atom is 0.0688 e. The summed E-state index contributed by atoms with van der Waals surface area (Å²) in [5.41, 5.74) is 2.03. The number of aliphatic hydroxyl groups is 1. The number of fused-ring (bicyclic) bond motifs is 1. The van der Waals surface area contributed by atoms with Crippen LogP contribution in [-0.2, 0) is 6.61 Å². The van der Waals surface area contributed by atoms with Crippen LogP contribution in [0, 0.1) is 0 Å². The van der Waals surface area contributed by atoms with Crippen LogP contribution in [0.15, 0.2) is 43.0 Å². The van der Waals surface area contributed by atoms with Gasteiger partial charge in [-0.3, -0.25) is 0 Å². The summed E-state index contributed by atoms with van der Waals surface area (Å²) in [4.78, 5) is 0. The van der Waals surface area contributed by atoms with Crippen LogP contribution in [-0.4, -0.2) is 5.11 Å². The van der Waals surface area contributed by atoms with Gasteiger partial charge in [-0.05, 0) is 21.9 Å². The first kappa shape index (κ1) is 8.97. The molecule has 0 radical (unpaired) electrons. The van der Waals surface area contributed by atoms with E-state index in [-0.39, 0.29) is 6.61 Å². The van der Waals surface area contributed by atoms with Crippen molar-refractivity contribution in [2.45, 2.75) is 6.61 Å². The van der Waals surface area contributed by atoms with Crippen LogP contribution in [0.1, 0.15) is 11.1 Å². The van der Waals surface area contributed by atoms with Crippen LogP contribution in [0.25, 0.3) is 16.8 Å². The second kappa shape index (κ2) is 3.64. The molecule has 2 rings (SSSR count). The van der Waals surface area contributed by atoms with Gasteiger partial charge in [0.25, 0.3) is 0 Å². The molecule has 0 spiro atoms. The van der Waals surface area contributed by atoms with Crippen LogP contribution in [0.3, 0.4) is 0 Å². The van der Waals surface area contributed by atoms with Crippen molar-refractivity contribution in [3.05, 3.63) is 54.1 Å². The van der Waals surface area contributed by atoms with Crippen molar-refractivity contribution in [1.82, 2.24) is 0 Å². The molecular weight excluding hydrogens is 172 g/mol. The minimum absolute atomic E-state index is 0.0716. The summed E-state index contributed by atoms with van der Waals surface area (Å²) in [7, 11) is 0. The summed E-state index contributed by atoms with van der Waals surface area (Å²) < 4.78 is 0. The quantitative estimate of drug-likeness (QED) is 0.760. The first-order valence-corrected chi connectivity index (χ1v) is 4.60. The Morgan fingerprint density at radius 3 is 2.50 bits per heavy atom. The molecule has 0 saturated heterocycles. The summed E-state index contributed by atoms with van der Waals surface area (Å²) >= 11 is 0. The number of rotatable bonds is 2. The minimum Gasteiger partial charge on any atom is -0.392 e. The zero-order valence-electron chi connectivity index (χ0n) is 7.90. The first-order valence-electron chi connectivity index (χ1n) is 4.60. The molecule has 2 aromatic carbocycles. The lowest BCUT2D eigenvalue weighted by atomic mass is 10.00. The topological polar surface area (TPSA) is 20.2 Å². The molecule has 70 valence electrons. The van der Waals surface area contributed by atoms with Gasteiger partial charge in [0.2, 0.25) is 0 Å². The van der Waals surface area contributed by atoms with Crippen LogP contribution >= 0.6 is 0 Å². The van der Waals surface area contributed by atoms with Gasteiger partial charge in [0.1, 0.15) is 0 Å². The Labute approximate surface area is 83.3 Å². The molecular formula is C13H12O. The average Bonchev–Trinajstić information content (AvgIpc) is 2.27. The average molecular weight is 184 g/mol. The van der Waals surface area contributed by atoms with Crippen LogP contribution in [0.2, 0.25) is 0 Å². The Kier molecular flexibility index (Phi) is 2.33. The fourth-order valence-corrected chi connectivity index (χ4v) is 1.75. The Bertz CT molecular complexity index is 466. The molecule has 0 bridgehead atoms. The second-order valence-corrected chi connectivity index (χ2v) is 3.22. The highest BCUT2D eigenvalue weighted by Crippen LogP contribution is 2.23. The normalized spacial score (nSPS) is 10.4. The SMILES string of the molecule is C=Cc1cccc2cccc(CO)c12. The first-order chi connectivity index (χ1) is 6.86. The standard InChI is InChI=1S/C13H12O/c1-2-10-5-3-6-11-7-4-8-12(9-14)13(10)11/h2-8,14H,1,9H2. The van der Waals surface area contributed by atoms with Crippen molar-refractivity contribution in [3.8, 4) is 0 Å². The minimum atomic E-state index is 0.0716. The van der Waals surface area contributed by atoms with Gasteiger partial charge in [-0.1, -0.05) is 49.1 Å².